The number of rotatable bonds is 1. The van der Waals surface area contributed by atoms with Crippen LogP contribution in [0.25, 0.3) is 49.0 Å². The molecule has 0 amide bonds. The van der Waals surface area contributed by atoms with E-state index in [4.69, 9.17) is 4.98 Å². The van der Waals surface area contributed by atoms with Crippen LogP contribution in [0.5, 0.6) is 0 Å². The molecule has 170 valence electrons. The van der Waals surface area contributed by atoms with Crippen molar-refractivity contribution in [2.24, 2.45) is 5.41 Å². The minimum absolute atomic E-state index is 0.466. The lowest BCUT2D eigenvalue weighted by Crippen LogP contribution is -2.20. The molecule has 0 unspecified atom stereocenters. The second-order valence-corrected chi connectivity index (χ2v) is 11.7. The Bertz CT molecular complexity index is 1760. The van der Waals surface area contributed by atoms with Crippen molar-refractivity contribution in [3.8, 4) is 0 Å². The summed E-state index contributed by atoms with van der Waals surface area (Å²) in [6.45, 7) is 11.6. The van der Waals surface area contributed by atoms with Gasteiger partial charge >= 0.3 is 0 Å². The van der Waals surface area contributed by atoms with Crippen LogP contribution >= 0.6 is 0 Å². The van der Waals surface area contributed by atoms with Crippen molar-refractivity contribution in [1.29, 1.82) is 0 Å². The van der Waals surface area contributed by atoms with Gasteiger partial charge in [0.1, 0.15) is 0 Å². The van der Waals surface area contributed by atoms with Gasteiger partial charge in [-0.1, -0.05) is 43.7 Å². The quantitative estimate of drug-likeness (QED) is 0.183. The molecule has 1 saturated carbocycles. The van der Waals surface area contributed by atoms with Crippen molar-refractivity contribution in [3.05, 3.63) is 70.9 Å². The van der Waals surface area contributed by atoms with E-state index in [-0.39, 0.29) is 0 Å². The smallest absolute Gasteiger partial charge is 0.0822 e. The van der Waals surface area contributed by atoms with Gasteiger partial charge in [-0.15, -0.1) is 0 Å². The SMILES string of the molecule is Cc1cc(C)c2c(c1)c1nccc3cc(C4CCC(C)(C)CC4)c4c5cccc(C)c5n2c4c31. The van der Waals surface area contributed by atoms with Crippen LogP contribution in [0, 0.1) is 26.2 Å². The molecule has 0 bridgehead atoms. The zero-order valence-corrected chi connectivity index (χ0v) is 20.9. The number of aryl methyl sites for hydroxylation is 3. The highest BCUT2D eigenvalue weighted by Gasteiger charge is 2.31. The van der Waals surface area contributed by atoms with Crippen molar-refractivity contribution >= 4 is 49.0 Å². The van der Waals surface area contributed by atoms with Crippen LogP contribution < -0.4 is 0 Å². The van der Waals surface area contributed by atoms with E-state index in [0.717, 1.165) is 5.52 Å². The third-order valence-electron chi connectivity index (χ3n) is 8.71. The van der Waals surface area contributed by atoms with E-state index in [1.165, 1.54) is 85.9 Å². The van der Waals surface area contributed by atoms with Crippen LogP contribution in [-0.2, 0) is 0 Å². The number of nitrogens with zero attached hydrogens (tertiary/aromatic N) is 2. The normalized spacial score (nSPS) is 17.2. The highest BCUT2D eigenvalue weighted by Crippen LogP contribution is 2.49. The van der Waals surface area contributed by atoms with E-state index in [2.05, 4.69) is 81.5 Å². The molecule has 3 aromatic heterocycles. The Labute approximate surface area is 200 Å². The van der Waals surface area contributed by atoms with Crippen LogP contribution in [0.3, 0.4) is 0 Å². The lowest BCUT2D eigenvalue weighted by Gasteiger charge is -2.35. The van der Waals surface area contributed by atoms with Crippen molar-refractivity contribution in [1.82, 2.24) is 9.38 Å². The molecule has 3 heterocycles. The maximum Gasteiger partial charge on any atom is 0.0822 e. The molecule has 0 radical (unpaired) electrons. The Morgan fingerprint density at radius 2 is 1.59 bits per heavy atom. The van der Waals surface area contributed by atoms with E-state index in [1.54, 1.807) is 5.56 Å². The molecule has 0 saturated heterocycles. The Morgan fingerprint density at radius 3 is 2.38 bits per heavy atom. The van der Waals surface area contributed by atoms with Gasteiger partial charge in [-0.05, 0) is 98.1 Å². The van der Waals surface area contributed by atoms with E-state index < -0.39 is 0 Å². The minimum Gasteiger partial charge on any atom is -0.307 e. The fourth-order valence-electron chi connectivity index (χ4n) is 7.02. The maximum atomic E-state index is 4.98. The molecule has 0 spiro atoms. The first-order chi connectivity index (χ1) is 16.3. The van der Waals surface area contributed by atoms with Gasteiger partial charge in [0.2, 0.25) is 0 Å². The first-order valence-corrected chi connectivity index (χ1v) is 12.8. The molecule has 7 rings (SSSR count). The summed E-state index contributed by atoms with van der Waals surface area (Å²) in [6.07, 6.45) is 7.18. The lowest BCUT2D eigenvalue weighted by atomic mass is 9.70. The van der Waals surface area contributed by atoms with Gasteiger partial charge in [-0.25, -0.2) is 0 Å². The highest BCUT2D eigenvalue weighted by molar-refractivity contribution is 6.29. The van der Waals surface area contributed by atoms with Crippen LogP contribution in [0.1, 0.15) is 67.7 Å². The second-order valence-electron chi connectivity index (χ2n) is 11.7. The monoisotopic (exact) mass is 444 g/mol. The average Bonchev–Trinajstić information content (AvgIpc) is 3.15. The fraction of sp³-hybridized carbons (Fsp3) is 0.344. The summed E-state index contributed by atoms with van der Waals surface area (Å²) < 4.78 is 2.59. The molecule has 6 aromatic rings. The van der Waals surface area contributed by atoms with Crippen molar-refractivity contribution in [2.45, 2.75) is 66.2 Å². The number of hydrogen-bond donors (Lipinski definition) is 0. The van der Waals surface area contributed by atoms with Crippen molar-refractivity contribution in [3.63, 3.8) is 0 Å². The topological polar surface area (TPSA) is 17.3 Å². The third-order valence-corrected chi connectivity index (χ3v) is 8.71. The summed E-state index contributed by atoms with van der Waals surface area (Å²) >= 11 is 0. The summed E-state index contributed by atoms with van der Waals surface area (Å²) in [5, 5.41) is 6.80. The van der Waals surface area contributed by atoms with Crippen LogP contribution in [0.15, 0.2) is 48.7 Å². The molecule has 1 fully saturated rings. The number of benzene rings is 3. The number of pyridine rings is 2. The molecular weight excluding hydrogens is 412 g/mol. The Kier molecular flexibility index (Phi) is 4.00. The number of fused-ring (bicyclic) bond motifs is 6. The Hall–Kier alpha value is -3.13. The van der Waals surface area contributed by atoms with Gasteiger partial charge in [-0.2, -0.15) is 0 Å². The van der Waals surface area contributed by atoms with E-state index in [0.29, 0.717) is 11.3 Å². The lowest BCUT2D eigenvalue weighted by molar-refractivity contribution is 0.225. The molecule has 0 aliphatic heterocycles. The number of para-hydroxylation sites is 1. The summed E-state index contributed by atoms with van der Waals surface area (Å²) in [7, 11) is 0. The van der Waals surface area contributed by atoms with Crippen LogP contribution in [0.2, 0.25) is 0 Å². The first kappa shape index (κ1) is 20.3. The molecule has 0 atom stereocenters. The van der Waals surface area contributed by atoms with Gasteiger partial charge in [0, 0.05) is 27.7 Å². The molecule has 0 N–H and O–H groups in total. The standard InChI is InChI=1S/C32H32N2/c1-18-15-20(3)30-25(16-18)28-26-22(11-14-33-28)17-24(21-9-12-32(4,5)13-10-21)27-23-8-6-7-19(2)29(23)34(30)31(26)27/h6-8,11,14-17,21H,9-10,12-13H2,1-5H3. The Balaban J connectivity index is 1.75. The van der Waals surface area contributed by atoms with Crippen LogP contribution in [0.4, 0.5) is 0 Å². The molecule has 2 heteroatoms. The number of hydrogen-bond acceptors (Lipinski definition) is 1. The molecule has 3 aromatic carbocycles. The second kappa shape index (κ2) is 6.72. The summed E-state index contributed by atoms with van der Waals surface area (Å²) in [5.74, 6) is 0.620. The predicted octanol–water partition coefficient (Wildman–Crippen LogP) is 8.99. The summed E-state index contributed by atoms with van der Waals surface area (Å²) in [6, 6.07) is 16.3. The summed E-state index contributed by atoms with van der Waals surface area (Å²) in [4.78, 5) is 4.98. The molecule has 1 aliphatic rings. The summed E-state index contributed by atoms with van der Waals surface area (Å²) in [5.41, 5.74) is 11.2. The van der Waals surface area contributed by atoms with E-state index in [9.17, 15) is 0 Å². The zero-order valence-electron chi connectivity index (χ0n) is 20.9. The Morgan fingerprint density at radius 1 is 0.824 bits per heavy atom. The number of aromatic nitrogens is 2. The van der Waals surface area contributed by atoms with E-state index in [1.807, 2.05) is 6.20 Å². The third kappa shape index (κ3) is 2.60. The van der Waals surface area contributed by atoms with Gasteiger partial charge in [-0.3, -0.25) is 4.98 Å². The molecule has 1 aliphatic carbocycles. The van der Waals surface area contributed by atoms with Gasteiger partial charge in [0.15, 0.2) is 0 Å². The molecule has 2 nitrogen and oxygen atoms in total. The maximum absolute atomic E-state index is 4.98. The fourth-order valence-corrected chi connectivity index (χ4v) is 7.02. The predicted molar refractivity (Wildman–Crippen MR) is 146 cm³/mol. The first-order valence-electron chi connectivity index (χ1n) is 12.8. The highest BCUT2D eigenvalue weighted by atomic mass is 14.9. The molecule has 34 heavy (non-hydrogen) atoms. The molecular formula is C32H32N2. The minimum atomic E-state index is 0.466. The average molecular weight is 445 g/mol. The van der Waals surface area contributed by atoms with Gasteiger partial charge in [0.05, 0.1) is 22.1 Å². The van der Waals surface area contributed by atoms with E-state index >= 15 is 0 Å². The van der Waals surface area contributed by atoms with Crippen LogP contribution in [-0.4, -0.2) is 9.38 Å². The van der Waals surface area contributed by atoms with Crippen molar-refractivity contribution in [2.75, 3.05) is 0 Å². The van der Waals surface area contributed by atoms with Gasteiger partial charge in [0.25, 0.3) is 0 Å². The largest absolute Gasteiger partial charge is 0.307 e. The van der Waals surface area contributed by atoms with Crippen molar-refractivity contribution < 1.29 is 0 Å². The zero-order chi connectivity index (χ0) is 23.4. The van der Waals surface area contributed by atoms with Gasteiger partial charge < -0.3 is 4.40 Å².